The van der Waals surface area contributed by atoms with E-state index in [-0.39, 0.29) is 10.8 Å². The summed E-state index contributed by atoms with van der Waals surface area (Å²) < 4.78 is 10.5. The Bertz CT molecular complexity index is 417. The first-order valence-electron chi connectivity index (χ1n) is 5.92. The lowest BCUT2D eigenvalue weighted by molar-refractivity contribution is 0.332. The van der Waals surface area contributed by atoms with Gasteiger partial charge in [0.2, 0.25) is 0 Å². The van der Waals surface area contributed by atoms with Crippen molar-refractivity contribution < 1.29 is 9.47 Å². The number of benzene rings is 1. The summed E-state index contributed by atoms with van der Waals surface area (Å²) in [7, 11) is 3.19. The minimum Gasteiger partial charge on any atom is -0.493 e. The molecule has 0 heterocycles. The molecule has 102 valence electrons. The Morgan fingerprint density at radius 3 is 2.11 bits per heavy atom. The maximum atomic E-state index is 6.55. The van der Waals surface area contributed by atoms with Gasteiger partial charge in [-0.05, 0) is 23.5 Å². The molecule has 0 saturated heterocycles. The van der Waals surface area contributed by atoms with Crippen LogP contribution in [-0.2, 0) is 0 Å². The number of hydrogen-bond donors (Lipinski definition) is 0. The molecular formula is C14H20Cl2O2. The summed E-state index contributed by atoms with van der Waals surface area (Å²) in [6.07, 6.45) is 0.964. The van der Waals surface area contributed by atoms with Gasteiger partial charge in [0.05, 0.1) is 19.6 Å². The molecule has 0 bridgehead atoms. The number of ether oxygens (including phenoxy) is 2. The average Bonchev–Trinajstić information content (AvgIpc) is 2.37. The lowest BCUT2D eigenvalue weighted by atomic mass is 9.82. The predicted octanol–water partition coefficient (Wildman–Crippen LogP) is 5.07. The van der Waals surface area contributed by atoms with Crippen LogP contribution in [0, 0.1) is 5.41 Å². The van der Waals surface area contributed by atoms with Gasteiger partial charge in [-0.2, -0.15) is 0 Å². The Kier molecular flexibility index (Phi) is 5.18. The van der Waals surface area contributed by atoms with Crippen molar-refractivity contribution in [2.45, 2.75) is 32.6 Å². The van der Waals surface area contributed by atoms with Crippen molar-refractivity contribution in [2.75, 3.05) is 14.2 Å². The first kappa shape index (κ1) is 15.5. The molecule has 0 aromatic heterocycles. The van der Waals surface area contributed by atoms with Crippen molar-refractivity contribution in [1.82, 2.24) is 0 Å². The molecule has 1 rings (SSSR count). The highest BCUT2D eigenvalue weighted by atomic mass is 35.5. The standard InChI is InChI=1S/C14H20Cl2O2/c1-6-14(2,3)13(16)9-7-11(17-4)12(18-5)8-10(9)15/h7-8,13H,6H2,1-5H3. The molecule has 0 fully saturated rings. The summed E-state index contributed by atoms with van der Waals surface area (Å²) in [5, 5.41) is 0.434. The van der Waals surface area contributed by atoms with E-state index in [0.717, 1.165) is 12.0 Å². The zero-order valence-corrected chi connectivity index (χ0v) is 13.0. The van der Waals surface area contributed by atoms with Crippen LogP contribution in [0.4, 0.5) is 0 Å². The van der Waals surface area contributed by atoms with Gasteiger partial charge in [-0.3, -0.25) is 0 Å². The van der Waals surface area contributed by atoms with E-state index < -0.39 is 0 Å². The first-order chi connectivity index (χ1) is 8.37. The number of rotatable bonds is 5. The van der Waals surface area contributed by atoms with Gasteiger partial charge in [-0.1, -0.05) is 32.4 Å². The minimum absolute atomic E-state index is 0.0369. The van der Waals surface area contributed by atoms with E-state index in [1.807, 2.05) is 6.07 Å². The molecule has 18 heavy (non-hydrogen) atoms. The van der Waals surface area contributed by atoms with Crippen molar-refractivity contribution >= 4 is 23.2 Å². The van der Waals surface area contributed by atoms with Crippen LogP contribution in [0.25, 0.3) is 0 Å². The third-order valence-corrected chi connectivity index (χ3v) is 4.53. The fourth-order valence-corrected chi connectivity index (χ4v) is 2.32. The maximum Gasteiger partial charge on any atom is 0.162 e. The molecule has 1 aromatic carbocycles. The lowest BCUT2D eigenvalue weighted by Crippen LogP contribution is -2.17. The lowest BCUT2D eigenvalue weighted by Gasteiger charge is -2.30. The Hall–Kier alpha value is -0.600. The second kappa shape index (κ2) is 6.03. The zero-order chi connectivity index (χ0) is 13.9. The van der Waals surface area contributed by atoms with Crippen molar-refractivity contribution in [2.24, 2.45) is 5.41 Å². The van der Waals surface area contributed by atoms with Crippen molar-refractivity contribution in [3.63, 3.8) is 0 Å². The molecule has 4 heteroatoms. The molecule has 0 aliphatic carbocycles. The Labute approximate surface area is 119 Å². The van der Waals surface area contributed by atoms with Gasteiger partial charge in [-0.15, -0.1) is 11.6 Å². The zero-order valence-electron chi connectivity index (χ0n) is 11.5. The Morgan fingerprint density at radius 1 is 1.17 bits per heavy atom. The molecule has 0 spiro atoms. The quantitative estimate of drug-likeness (QED) is 0.705. The Balaban J connectivity index is 3.25. The van der Waals surface area contributed by atoms with Gasteiger partial charge in [0.15, 0.2) is 11.5 Å². The highest BCUT2D eigenvalue weighted by molar-refractivity contribution is 6.33. The summed E-state index contributed by atoms with van der Waals surface area (Å²) in [5.41, 5.74) is 0.841. The molecule has 0 saturated carbocycles. The van der Waals surface area contributed by atoms with Crippen LogP contribution in [-0.4, -0.2) is 14.2 Å². The second-order valence-electron chi connectivity index (χ2n) is 4.93. The van der Waals surface area contributed by atoms with Gasteiger partial charge >= 0.3 is 0 Å². The SMILES string of the molecule is CCC(C)(C)C(Cl)c1cc(OC)c(OC)cc1Cl. The van der Waals surface area contributed by atoms with Crippen molar-refractivity contribution in [3.8, 4) is 11.5 Å². The fourth-order valence-electron chi connectivity index (χ4n) is 1.66. The smallest absolute Gasteiger partial charge is 0.162 e. The third-order valence-electron chi connectivity index (χ3n) is 3.37. The summed E-state index contributed by atoms with van der Waals surface area (Å²) in [4.78, 5) is 0. The van der Waals surface area contributed by atoms with Gasteiger partial charge in [0.1, 0.15) is 0 Å². The first-order valence-corrected chi connectivity index (χ1v) is 6.74. The molecular weight excluding hydrogens is 271 g/mol. The van der Waals surface area contributed by atoms with Gasteiger partial charge in [0, 0.05) is 11.1 Å². The van der Waals surface area contributed by atoms with Crippen LogP contribution in [0.3, 0.4) is 0 Å². The van der Waals surface area contributed by atoms with Crippen LogP contribution >= 0.6 is 23.2 Å². The number of hydrogen-bond acceptors (Lipinski definition) is 2. The summed E-state index contributed by atoms with van der Waals surface area (Å²) >= 11 is 12.8. The van der Waals surface area contributed by atoms with Gasteiger partial charge in [-0.25, -0.2) is 0 Å². The van der Waals surface area contributed by atoms with Crippen LogP contribution < -0.4 is 9.47 Å². The van der Waals surface area contributed by atoms with E-state index in [0.29, 0.717) is 16.5 Å². The van der Waals surface area contributed by atoms with Gasteiger partial charge < -0.3 is 9.47 Å². The highest BCUT2D eigenvalue weighted by Crippen LogP contribution is 2.46. The van der Waals surface area contributed by atoms with Crippen molar-refractivity contribution in [3.05, 3.63) is 22.7 Å². The van der Waals surface area contributed by atoms with E-state index >= 15 is 0 Å². The summed E-state index contributed by atoms with van der Waals surface area (Å²) in [5.74, 6) is 1.26. The highest BCUT2D eigenvalue weighted by Gasteiger charge is 2.29. The van der Waals surface area contributed by atoms with E-state index in [4.69, 9.17) is 32.7 Å². The average molecular weight is 291 g/mol. The van der Waals surface area contributed by atoms with E-state index in [2.05, 4.69) is 20.8 Å². The van der Waals surface area contributed by atoms with E-state index in [1.54, 1.807) is 20.3 Å². The number of methoxy groups -OCH3 is 2. The van der Waals surface area contributed by atoms with E-state index in [1.165, 1.54) is 0 Å². The molecule has 2 nitrogen and oxygen atoms in total. The molecule has 1 atom stereocenters. The van der Waals surface area contributed by atoms with Crippen LogP contribution in [0.5, 0.6) is 11.5 Å². The fraction of sp³-hybridized carbons (Fsp3) is 0.571. The molecule has 0 aliphatic heterocycles. The molecule has 0 N–H and O–H groups in total. The van der Waals surface area contributed by atoms with Gasteiger partial charge in [0.25, 0.3) is 0 Å². The van der Waals surface area contributed by atoms with Crippen LogP contribution in [0.2, 0.25) is 5.02 Å². The molecule has 1 unspecified atom stereocenters. The number of halogens is 2. The molecule has 0 amide bonds. The maximum absolute atomic E-state index is 6.55. The van der Waals surface area contributed by atoms with Crippen LogP contribution in [0.15, 0.2) is 12.1 Å². The number of alkyl halides is 1. The van der Waals surface area contributed by atoms with Crippen molar-refractivity contribution in [1.29, 1.82) is 0 Å². The third kappa shape index (κ3) is 3.04. The minimum atomic E-state index is -0.171. The molecule has 1 aromatic rings. The normalized spacial score (nSPS) is 13.3. The van der Waals surface area contributed by atoms with E-state index in [9.17, 15) is 0 Å². The summed E-state index contributed by atoms with van der Waals surface area (Å²) in [6.45, 7) is 6.36. The second-order valence-corrected chi connectivity index (χ2v) is 5.78. The summed E-state index contributed by atoms with van der Waals surface area (Å²) in [6, 6.07) is 3.60. The largest absolute Gasteiger partial charge is 0.493 e. The topological polar surface area (TPSA) is 18.5 Å². The molecule has 0 aliphatic rings. The monoisotopic (exact) mass is 290 g/mol. The Morgan fingerprint density at radius 2 is 1.67 bits per heavy atom. The molecule has 0 radical (unpaired) electrons. The van der Waals surface area contributed by atoms with Crippen LogP contribution in [0.1, 0.15) is 38.1 Å². The predicted molar refractivity (Wildman–Crippen MR) is 77.2 cm³/mol.